The van der Waals surface area contributed by atoms with Crippen LogP contribution in [0.15, 0.2) is 41.1 Å². The van der Waals surface area contributed by atoms with Crippen LogP contribution in [0.4, 0.5) is 9.39 Å². The molecule has 3 aromatic rings. The molecule has 0 bridgehead atoms. The molecule has 0 aliphatic rings. The Hall–Kier alpha value is -2.22. The van der Waals surface area contributed by atoms with Gasteiger partial charge in [-0.1, -0.05) is 23.7 Å². The number of rotatable bonds is 5. The highest BCUT2D eigenvalue weighted by molar-refractivity contribution is 7.17. The van der Waals surface area contributed by atoms with Gasteiger partial charge >= 0.3 is 5.97 Å². The molecule has 0 spiro atoms. The molecule has 8 heteroatoms. The topological polar surface area (TPSA) is 55.4 Å². The summed E-state index contributed by atoms with van der Waals surface area (Å²) in [4.78, 5) is 25.8. The summed E-state index contributed by atoms with van der Waals surface area (Å²) in [6.45, 7) is 1.90. The van der Waals surface area contributed by atoms with Gasteiger partial charge in [0.15, 0.2) is 0 Å². The van der Waals surface area contributed by atoms with Crippen molar-refractivity contribution in [3.05, 3.63) is 63.1 Å². The van der Waals surface area contributed by atoms with E-state index >= 15 is 0 Å². The number of anilines is 1. The summed E-state index contributed by atoms with van der Waals surface area (Å²) < 4.78 is 19.1. The number of halogens is 2. The van der Waals surface area contributed by atoms with E-state index in [-0.39, 0.29) is 27.8 Å². The Morgan fingerprint density at radius 3 is 2.65 bits per heavy atom. The minimum atomic E-state index is -0.734. The van der Waals surface area contributed by atoms with Gasteiger partial charge in [0.25, 0.3) is 5.91 Å². The molecule has 0 aliphatic carbocycles. The predicted molar refractivity (Wildman–Crippen MR) is 103 cm³/mol. The van der Waals surface area contributed by atoms with Crippen molar-refractivity contribution in [1.29, 1.82) is 0 Å². The van der Waals surface area contributed by atoms with Gasteiger partial charge in [0.1, 0.15) is 16.4 Å². The molecular weight excluding hydrogens is 397 g/mol. The zero-order valence-corrected chi connectivity index (χ0v) is 15.9. The third kappa shape index (κ3) is 3.65. The lowest BCUT2D eigenvalue weighted by Crippen LogP contribution is -2.16. The first-order chi connectivity index (χ1) is 12.5. The molecule has 0 unspecified atom stereocenters. The summed E-state index contributed by atoms with van der Waals surface area (Å²) in [6, 6.07) is 7.73. The number of carbonyl (C=O) groups excluding carboxylic acids is 2. The maximum Gasteiger partial charge on any atom is 0.341 e. The van der Waals surface area contributed by atoms with Crippen LogP contribution in [0.3, 0.4) is 0 Å². The molecule has 0 saturated heterocycles. The van der Waals surface area contributed by atoms with Gasteiger partial charge < -0.3 is 10.1 Å². The van der Waals surface area contributed by atoms with Gasteiger partial charge in [-0.15, -0.1) is 22.7 Å². The van der Waals surface area contributed by atoms with Gasteiger partial charge in [0.2, 0.25) is 0 Å². The molecule has 0 saturated carbocycles. The van der Waals surface area contributed by atoms with E-state index in [1.54, 1.807) is 12.3 Å². The quantitative estimate of drug-likeness (QED) is 0.550. The normalized spacial score (nSPS) is 10.6. The lowest BCUT2D eigenvalue weighted by molar-refractivity contribution is 0.0529. The van der Waals surface area contributed by atoms with Crippen LogP contribution in [0.5, 0.6) is 0 Å². The van der Waals surface area contributed by atoms with Gasteiger partial charge in [-0.2, -0.15) is 0 Å². The predicted octanol–water partition coefficient (Wildman–Crippen LogP) is 5.70. The van der Waals surface area contributed by atoms with Crippen LogP contribution in [0.25, 0.3) is 10.4 Å². The van der Waals surface area contributed by atoms with Crippen molar-refractivity contribution in [2.45, 2.75) is 6.92 Å². The zero-order valence-electron chi connectivity index (χ0n) is 13.5. The first-order valence-electron chi connectivity index (χ1n) is 7.60. The Labute approximate surface area is 162 Å². The molecule has 0 aliphatic heterocycles. The number of amides is 1. The van der Waals surface area contributed by atoms with Crippen molar-refractivity contribution >= 4 is 51.2 Å². The van der Waals surface area contributed by atoms with Crippen LogP contribution in [-0.2, 0) is 4.74 Å². The molecule has 4 nitrogen and oxygen atoms in total. The Balaban J connectivity index is 2.00. The Bertz CT molecular complexity index is 933. The molecule has 2 aromatic heterocycles. The molecule has 0 radical (unpaired) electrons. The SMILES string of the molecule is CCOC(=O)c1c(-c2cccs2)csc1NC(=O)c1c(F)cccc1Cl. The number of benzene rings is 1. The number of thiophene rings is 2. The third-order valence-corrected chi connectivity index (χ3v) is 5.59. The highest BCUT2D eigenvalue weighted by Crippen LogP contribution is 2.38. The Morgan fingerprint density at radius 1 is 1.19 bits per heavy atom. The van der Waals surface area contributed by atoms with Crippen LogP contribution in [0.1, 0.15) is 27.6 Å². The smallest absolute Gasteiger partial charge is 0.341 e. The summed E-state index contributed by atoms with van der Waals surface area (Å²) in [5.41, 5.74) is 0.647. The van der Waals surface area contributed by atoms with Crippen molar-refractivity contribution in [2.24, 2.45) is 0 Å². The summed E-state index contributed by atoms with van der Waals surface area (Å²) in [5.74, 6) is -2.01. The van der Waals surface area contributed by atoms with Crippen molar-refractivity contribution < 1.29 is 18.7 Å². The molecule has 0 atom stereocenters. The van der Waals surface area contributed by atoms with Crippen molar-refractivity contribution in [1.82, 2.24) is 0 Å². The number of ether oxygens (including phenoxy) is 1. The molecule has 1 N–H and O–H groups in total. The Morgan fingerprint density at radius 2 is 2.00 bits per heavy atom. The van der Waals surface area contributed by atoms with E-state index in [0.717, 1.165) is 10.9 Å². The van der Waals surface area contributed by atoms with Gasteiger partial charge in [-0.3, -0.25) is 4.79 Å². The van der Waals surface area contributed by atoms with Crippen LogP contribution < -0.4 is 5.32 Å². The number of hydrogen-bond donors (Lipinski definition) is 1. The van der Waals surface area contributed by atoms with E-state index in [1.165, 1.54) is 34.8 Å². The van der Waals surface area contributed by atoms with Gasteiger partial charge in [0, 0.05) is 15.8 Å². The van der Waals surface area contributed by atoms with E-state index in [2.05, 4.69) is 5.32 Å². The lowest BCUT2D eigenvalue weighted by atomic mass is 10.1. The highest BCUT2D eigenvalue weighted by Gasteiger charge is 2.25. The van der Waals surface area contributed by atoms with Crippen LogP contribution >= 0.6 is 34.3 Å². The third-order valence-electron chi connectivity index (χ3n) is 3.47. The van der Waals surface area contributed by atoms with Gasteiger partial charge in [-0.05, 0) is 30.5 Å². The Kier molecular flexibility index (Phi) is 5.70. The highest BCUT2D eigenvalue weighted by atomic mass is 35.5. The van der Waals surface area contributed by atoms with Gasteiger partial charge in [0.05, 0.1) is 17.2 Å². The first-order valence-corrected chi connectivity index (χ1v) is 9.74. The van der Waals surface area contributed by atoms with E-state index in [0.29, 0.717) is 5.56 Å². The molecule has 134 valence electrons. The van der Waals surface area contributed by atoms with E-state index in [4.69, 9.17) is 16.3 Å². The average Bonchev–Trinajstić information content (AvgIpc) is 3.24. The largest absolute Gasteiger partial charge is 0.462 e. The molecular formula is C18H13ClFNO3S2. The van der Waals surface area contributed by atoms with E-state index < -0.39 is 17.7 Å². The first kappa shape index (κ1) is 18.6. The van der Waals surface area contributed by atoms with Crippen LogP contribution in [-0.4, -0.2) is 18.5 Å². The summed E-state index contributed by atoms with van der Waals surface area (Å²) >= 11 is 8.58. The monoisotopic (exact) mass is 409 g/mol. The number of carbonyl (C=O) groups is 2. The fourth-order valence-corrected chi connectivity index (χ4v) is 4.36. The van der Waals surface area contributed by atoms with Gasteiger partial charge in [-0.25, -0.2) is 9.18 Å². The second kappa shape index (κ2) is 7.99. The summed E-state index contributed by atoms with van der Waals surface area (Å²) in [7, 11) is 0. The molecule has 3 rings (SSSR count). The van der Waals surface area contributed by atoms with Crippen molar-refractivity contribution in [3.63, 3.8) is 0 Å². The van der Waals surface area contributed by atoms with Crippen molar-refractivity contribution in [3.8, 4) is 10.4 Å². The van der Waals surface area contributed by atoms with Crippen LogP contribution in [0.2, 0.25) is 5.02 Å². The molecule has 2 heterocycles. The summed E-state index contributed by atoms with van der Waals surface area (Å²) in [5, 5.41) is 6.52. The molecule has 1 aromatic carbocycles. The minimum Gasteiger partial charge on any atom is -0.462 e. The second-order valence-corrected chi connectivity index (χ2v) is 7.34. The number of esters is 1. The maximum atomic E-state index is 14.0. The number of nitrogens with one attached hydrogen (secondary N) is 1. The standard InChI is InChI=1S/C18H13ClFNO3S2/c1-2-24-18(23)14-10(13-7-4-8-25-13)9-26-17(14)21-16(22)15-11(19)5-3-6-12(15)20/h3-9H,2H2,1H3,(H,21,22). The molecule has 1 amide bonds. The molecule has 0 fully saturated rings. The summed E-state index contributed by atoms with van der Waals surface area (Å²) in [6.07, 6.45) is 0. The van der Waals surface area contributed by atoms with E-state index in [9.17, 15) is 14.0 Å². The molecule has 26 heavy (non-hydrogen) atoms. The lowest BCUT2D eigenvalue weighted by Gasteiger charge is -2.09. The minimum absolute atomic E-state index is 0.00442. The second-order valence-electron chi connectivity index (χ2n) is 5.10. The van der Waals surface area contributed by atoms with E-state index in [1.807, 2.05) is 17.5 Å². The maximum absolute atomic E-state index is 14.0. The average molecular weight is 410 g/mol. The van der Waals surface area contributed by atoms with Crippen molar-refractivity contribution in [2.75, 3.05) is 11.9 Å². The fraction of sp³-hybridized carbons (Fsp3) is 0.111. The fourth-order valence-electron chi connectivity index (χ4n) is 2.35. The number of hydrogen-bond acceptors (Lipinski definition) is 5. The van der Waals surface area contributed by atoms with Crippen LogP contribution in [0, 0.1) is 5.82 Å². The zero-order chi connectivity index (χ0) is 18.7.